The highest BCUT2D eigenvalue weighted by Gasteiger charge is 2.20. The summed E-state index contributed by atoms with van der Waals surface area (Å²) in [6, 6.07) is 1.93. The van der Waals surface area contributed by atoms with Crippen LogP contribution < -0.4 is 10.1 Å². The number of ether oxygens (including phenoxy) is 1. The average Bonchev–Trinajstić information content (AvgIpc) is 3.21. The summed E-state index contributed by atoms with van der Waals surface area (Å²) < 4.78 is 7.34. The molecule has 0 bridgehead atoms. The molecule has 0 saturated heterocycles. The molecule has 3 rings (SSSR count). The van der Waals surface area contributed by atoms with Gasteiger partial charge in [-0.05, 0) is 26.7 Å². The molecule has 2 heterocycles. The van der Waals surface area contributed by atoms with Gasteiger partial charge in [-0.25, -0.2) is 0 Å². The zero-order chi connectivity index (χ0) is 16.4. The zero-order valence-corrected chi connectivity index (χ0v) is 13.8. The third-order valence-electron chi connectivity index (χ3n) is 4.45. The summed E-state index contributed by atoms with van der Waals surface area (Å²) in [6.45, 7) is 3.72. The van der Waals surface area contributed by atoms with Crippen LogP contribution in [0.25, 0.3) is 0 Å². The number of nitrogens with one attached hydrogen (secondary N) is 2. The molecule has 0 atom stereocenters. The first-order chi connectivity index (χ1) is 11.0. The Morgan fingerprint density at radius 2 is 2.17 bits per heavy atom. The third-order valence-corrected chi connectivity index (χ3v) is 4.45. The van der Waals surface area contributed by atoms with Crippen LogP contribution in [-0.2, 0) is 11.8 Å². The summed E-state index contributed by atoms with van der Waals surface area (Å²) in [4.78, 5) is 12.0. The number of hydrogen-bond acceptors (Lipinski definition) is 4. The van der Waals surface area contributed by atoms with Crippen molar-refractivity contribution in [3.8, 4) is 5.75 Å². The number of anilines is 1. The van der Waals surface area contributed by atoms with Crippen molar-refractivity contribution in [2.24, 2.45) is 7.05 Å². The van der Waals surface area contributed by atoms with E-state index in [2.05, 4.69) is 20.6 Å². The van der Waals surface area contributed by atoms with Crippen molar-refractivity contribution in [3.63, 3.8) is 0 Å². The van der Waals surface area contributed by atoms with Crippen LogP contribution in [-0.4, -0.2) is 32.5 Å². The van der Waals surface area contributed by atoms with Crippen molar-refractivity contribution in [3.05, 3.63) is 23.1 Å². The standard InChI is InChI=1S/C16H23N5O2/c1-10-16(11(2)21(3)20-10)23-9-15(22)17-14-8-13(18-19-14)12-6-4-5-7-12/h8,12H,4-7,9H2,1-3H3,(H2,17,18,19,22). The Labute approximate surface area is 135 Å². The number of hydrogen-bond donors (Lipinski definition) is 2. The Morgan fingerprint density at radius 1 is 1.43 bits per heavy atom. The van der Waals surface area contributed by atoms with Gasteiger partial charge in [0.25, 0.3) is 5.91 Å². The molecule has 1 saturated carbocycles. The Bertz CT molecular complexity index is 697. The molecule has 1 amide bonds. The molecule has 2 N–H and O–H groups in total. The van der Waals surface area contributed by atoms with E-state index in [1.807, 2.05) is 27.0 Å². The van der Waals surface area contributed by atoms with Gasteiger partial charge in [-0.2, -0.15) is 10.2 Å². The first-order valence-electron chi connectivity index (χ1n) is 8.02. The zero-order valence-electron chi connectivity index (χ0n) is 13.8. The molecular formula is C16H23N5O2. The van der Waals surface area contributed by atoms with E-state index in [1.54, 1.807) is 4.68 Å². The second-order valence-corrected chi connectivity index (χ2v) is 6.15. The normalized spacial score (nSPS) is 15.1. The second-order valence-electron chi connectivity index (χ2n) is 6.15. The molecule has 2 aromatic heterocycles. The summed E-state index contributed by atoms with van der Waals surface area (Å²) in [5, 5.41) is 14.2. The predicted octanol–water partition coefficient (Wildman–Crippen LogP) is 2.44. The first kappa shape index (κ1) is 15.6. The minimum absolute atomic E-state index is 0.0566. The average molecular weight is 317 g/mol. The van der Waals surface area contributed by atoms with Crippen molar-refractivity contribution in [2.75, 3.05) is 11.9 Å². The molecule has 2 aromatic rings. The van der Waals surface area contributed by atoms with E-state index in [-0.39, 0.29) is 12.5 Å². The van der Waals surface area contributed by atoms with Gasteiger partial charge in [0.1, 0.15) is 5.69 Å². The Balaban J connectivity index is 1.55. The van der Waals surface area contributed by atoms with Crippen molar-refractivity contribution in [1.29, 1.82) is 0 Å². The van der Waals surface area contributed by atoms with Crippen LogP contribution in [0.4, 0.5) is 5.82 Å². The number of rotatable bonds is 5. The lowest BCUT2D eigenvalue weighted by Crippen LogP contribution is -2.20. The summed E-state index contributed by atoms with van der Waals surface area (Å²) in [5.41, 5.74) is 2.79. The fourth-order valence-electron chi connectivity index (χ4n) is 3.13. The summed E-state index contributed by atoms with van der Waals surface area (Å²) >= 11 is 0. The molecule has 7 nitrogen and oxygen atoms in total. The van der Waals surface area contributed by atoms with E-state index in [4.69, 9.17) is 4.74 Å². The van der Waals surface area contributed by atoms with Gasteiger partial charge in [-0.3, -0.25) is 14.6 Å². The highest BCUT2D eigenvalue weighted by Crippen LogP contribution is 2.33. The van der Waals surface area contributed by atoms with E-state index >= 15 is 0 Å². The van der Waals surface area contributed by atoms with Crippen LogP contribution in [0.2, 0.25) is 0 Å². The summed E-state index contributed by atoms with van der Waals surface area (Å²) in [5.74, 6) is 1.54. The van der Waals surface area contributed by atoms with Crippen LogP contribution in [0, 0.1) is 13.8 Å². The van der Waals surface area contributed by atoms with Crippen LogP contribution in [0.1, 0.15) is 48.7 Å². The monoisotopic (exact) mass is 317 g/mol. The van der Waals surface area contributed by atoms with Crippen LogP contribution >= 0.6 is 0 Å². The molecule has 0 aliphatic heterocycles. The van der Waals surface area contributed by atoms with Gasteiger partial charge < -0.3 is 10.1 Å². The number of aryl methyl sites for hydroxylation is 2. The van der Waals surface area contributed by atoms with Crippen LogP contribution in [0.5, 0.6) is 5.75 Å². The minimum Gasteiger partial charge on any atom is -0.480 e. The lowest BCUT2D eigenvalue weighted by molar-refractivity contribution is -0.118. The van der Waals surface area contributed by atoms with Gasteiger partial charge in [0.2, 0.25) is 0 Å². The number of carbonyl (C=O) groups is 1. The van der Waals surface area contributed by atoms with E-state index in [0.717, 1.165) is 17.1 Å². The van der Waals surface area contributed by atoms with Gasteiger partial charge in [0.05, 0.1) is 5.69 Å². The topological polar surface area (TPSA) is 84.8 Å². The summed E-state index contributed by atoms with van der Waals surface area (Å²) in [6.07, 6.45) is 4.92. The number of nitrogens with zero attached hydrogens (tertiary/aromatic N) is 3. The minimum atomic E-state index is -0.225. The molecule has 1 aliphatic rings. The number of aromatic amines is 1. The fraction of sp³-hybridized carbons (Fsp3) is 0.562. The largest absolute Gasteiger partial charge is 0.480 e. The molecule has 23 heavy (non-hydrogen) atoms. The van der Waals surface area contributed by atoms with Crippen molar-refractivity contribution < 1.29 is 9.53 Å². The van der Waals surface area contributed by atoms with Gasteiger partial charge >= 0.3 is 0 Å². The molecule has 0 radical (unpaired) electrons. The molecule has 0 unspecified atom stereocenters. The molecule has 0 aromatic carbocycles. The Morgan fingerprint density at radius 3 is 2.83 bits per heavy atom. The number of aromatic nitrogens is 4. The highest BCUT2D eigenvalue weighted by molar-refractivity contribution is 5.91. The predicted molar refractivity (Wildman–Crippen MR) is 86.6 cm³/mol. The van der Waals surface area contributed by atoms with Crippen LogP contribution in [0.15, 0.2) is 6.07 Å². The van der Waals surface area contributed by atoms with E-state index in [9.17, 15) is 4.79 Å². The number of amides is 1. The molecule has 0 spiro atoms. The van der Waals surface area contributed by atoms with E-state index in [0.29, 0.717) is 17.5 Å². The highest BCUT2D eigenvalue weighted by atomic mass is 16.5. The molecular weight excluding hydrogens is 294 g/mol. The van der Waals surface area contributed by atoms with Crippen molar-refractivity contribution in [1.82, 2.24) is 20.0 Å². The van der Waals surface area contributed by atoms with Gasteiger partial charge in [-0.1, -0.05) is 12.8 Å². The number of H-pyrrole nitrogens is 1. The van der Waals surface area contributed by atoms with Gasteiger partial charge in [0.15, 0.2) is 18.2 Å². The first-order valence-corrected chi connectivity index (χ1v) is 8.02. The Kier molecular flexibility index (Phi) is 4.36. The van der Waals surface area contributed by atoms with Gasteiger partial charge in [-0.15, -0.1) is 0 Å². The smallest absolute Gasteiger partial charge is 0.263 e. The molecule has 124 valence electrons. The lowest BCUT2D eigenvalue weighted by Gasteiger charge is -2.06. The van der Waals surface area contributed by atoms with Crippen molar-refractivity contribution >= 4 is 11.7 Å². The molecule has 7 heteroatoms. The number of carbonyl (C=O) groups excluding carboxylic acids is 1. The van der Waals surface area contributed by atoms with E-state index < -0.39 is 0 Å². The second kappa shape index (κ2) is 6.44. The van der Waals surface area contributed by atoms with Crippen molar-refractivity contribution in [2.45, 2.75) is 45.4 Å². The maximum absolute atomic E-state index is 12.0. The SMILES string of the molecule is Cc1nn(C)c(C)c1OCC(=O)Nc1cc(C2CCCC2)[nH]n1. The Hall–Kier alpha value is -2.31. The molecule has 1 aliphatic carbocycles. The van der Waals surface area contributed by atoms with E-state index in [1.165, 1.54) is 25.7 Å². The fourth-order valence-corrected chi connectivity index (χ4v) is 3.13. The summed E-state index contributed by atoms with van der Waals surface area (Å²) in [7, 11) is 1.85. The lowest BCUT2D eigenvalue weighted by atomic mass is 10.0. The quantitative estimate of drug-likeness (QED) is 0.887. The molecule has 1 fully saturated rings. The van der Waals surface area contributed by atoms with Gasteiger partial charge in [0, 0.05) is 24.7 Å². The maximum atomic E-state index is 12.0. The maximum Gasteiger partial charge on any atom is 0.263 e. The van der Waals surface area contributed by atoms with Crippen LogP contribution in [0.3, 0.4) is 0 Å². The third kappa shape index (κ3) is 3.38.